The minimum absolute atomic E-state index is 0.161. The topological polar surface area (TPSA) is 90.5 Å². The van der Waals surface area contributed by atoms with Gasteiger partial charge in [-0.15, -0.1) is 0 Å². The molecule has 0 unspecified atom stereocenters. The van der Waals surface area contributed by atoms with Crippen molar-refractivity contribution < 1.29 is 9.53 Å². The van der Waals surface area contributed by atoms with Crippen molar-refractivity contribution in [3.8, 4) is 0 Å². The lowest BCUT2D eigenvalue weighted by atomic mass is 10.1. The molecule has 4 rings (SSSR count). The molecule has 3 heterocycles. The fraction of sp³-hybridized carbons (Fsp3) is 0.364. The van der Waals surface area contributed by atoms with Crippen LogP contribution < -0.4 is 11.0 Å². The zero-order valence-electron chi connectivity index (χ0n) is 17.4. The summed E-state index contributed by atoms with van der Waals surface area (Å²) in [6.45, 7) is 5.75. The molecule has 0 aliphatic carbocycles. The molecule has 1 atom stereocenters. The summed E-state index contributed by atoms with van der Waals surface area (Å²) in [4.78, 5) is 24.9. The number of hydrazone groups is 1. The molecule has 30 heavy (non-hydrogen) atoms. The largest absolute Gasteiger partial charge is 0.376 e. The predicted molar refractivity (Wildman–Crippen MR) is 115 cm³/mol. The second-order valence-electron chi connectivity index (χ2n) is 7.59. The number of benzene rings is 1. The van der Waals surface area contributed by atoms with Crippen LogP contribution in [0.4, 0.5) is 0 Å². The fourth-order valence-corrected chi connectivity index (χ4v) is 3.91. The van der Waals surface area contributed by atoms with E-state index in [-0.39, 0.29) is 17.4 Å². The number of hydrogen-bond donors (Lipinski definition) is 1. The molecule has 0 radical (unpaired) electrons. The standard InChI is InChI=1S/C22H25N5O3/c1-14-11-16(15(2)27(14)13-17-7-6-10-30-17)12-23-24-21(28)20-18-8-4-5-9-19(18)22(29)26(3)25-20/h4-5,8-9,11-12,17H,6-7,10,13H2,1-3H3,(H,24,28)/b23-12-/t17-/m1/s1. The molecular weight excluding hydrogens is 382 g/mol. The normalized spacial score (nSPS) is 16.6. The molecule has 1 aromatic carbocycles. The maximum atomic E-state index is 12.7. The van der Waals surface area contributed by atoms with Crippen molar-refractivity contribution >= 4 is 22.9 Å². The molecule has 8 nitrogen and oxygen atoms in total. The van der Waals surface area contributed by atoms with E-state index in [2.05, 4.69) is 27.1 Å². The molecule has 0 saturated carbocycles. The van der Waals surface area contributed by atoms with Crippen LogP contribution in [-0.2, 0) is 18.3 Å². The first-order chi connectivity index (χ1) is 14.5. The molecule has 1 saturated heterocycles. The molecule has 1 aliphatic rings. The lowest BCUT2D eigenvalue weighted by Gasteiger charge is -2.14. The summed E-state index contributed by atoms with van der Waals surface area (Å²) in [5, 5.41) is 9.20. The molecule has 156 valence electrons. The van der Waals surface area contributed by atoms with Gasteiger partial charge in [-0.3, -0.25) is 9.59 Å². The first kappa shape index (κ1) is 20.0. The summed E-state index contributed by atoms with van der Waals surface area (Å²) in [7, 11) is 1.53. The van der Waals surface area contributed by atoms with E-state index in [9.17, 15) is 9.59 Å². The number of carbonyl (C=O) groups is 1. The van der Waals surface area contributed by atoms with Crippen molar-refractivity contribution in [2.75, 3.05) is 6.61 Å². The van der Waals surface area contributed by atoms with Gasteiger partial charge in [-0.25, -0.2) is 10.1 Å². The summed E-state index contributed by atoms with van der Waals surface area (Å²) < 4.78 is 9.14. The molecule has 1 aliphatic heterocycles. The second kappa shape index (κ2) is 8.23. The molecule has 3 aromatic rings. The number of hydrogen-bond acceptors (Lipinski definition) is 5. The Morgan fingerprint density at radius 3 is 2.83 bits per heavy atom. The van der Waals surface area contributed by atoms with Crippen molar-refractivity contribution in [3.05, 3.63) is 63.3 Å². The smallest absolute Gasteiger partial charge is 0.292 e. The van der Waals surface area contributed by atoms with E-state index < -0.39 is 5.91 Å². The average molecular weight is 407 g/mol. The third-order valence-corrected chi connectivity index (χ3v) is 5.56. The summed E-state index contributed by atoms with van der Waals surface area (Å²) in [5.41, 5.74) is 5.59. The molecule has 2 aromatic heterocycles. The number of rotatable bonds is 5. The Hall–Kier alpha value is -3.26. The molecule has 1 amide bonds. The lowest BCUT2D eigenvalue weighted by molar-refractivity contribution is 0.0949. The number of nitrogens with zero attached hydrogens (tertiary/aromatic N) is 4. The Morgan fingerprint density at radius 2 is 2.10 bits per heavy atom. The van der Waals surface area contributed by atoms with E-state index >= 15 is 0 Å². The van der Waals surface area contributed by atoms with Crippen LogP contribution in [0.3, 0.4) is 0 Å². The Bertz CT molecular complexity index is 1190. The highest BCUT2D eigenvalue weighted by Crippen LogP contribution is 2.19. The maximum absolute atomic E-state index is 12.7. The molecule has 1 N–H and O–H groups in total. The van der Waals surface area contributed by atoms with Crippen LogP contribution in [0.1, 0.15) is 40.3 Å². The molecule has 1 fully saturated rings. The summed E-state index contributed by atoms with van der Waals surface area (Å²) >= 11 is 0. The number of carbonyl (C=O) groups excluding carboxylic acids is 1. The Morgan fingerprint density at radius 1 is 1.33 bits per heavy atom. The minimum Gasteiger partial charge on any atom is -0.376 e. The molecule has 0 spiro atoms. The second-order valence-corrected chi connectivity index (χ2v) is 7.59. The molecular formula is C22H25N5O3. The number of nitrogens with one attached hydrogen (secondary N) is 1. The summed E-state index contributed by atoms with van der Waals surface area (Å²) in [6.07, 6.45) is 4.08. The van der Waals surface area contributed by atoms with E-state index in [0.717, 1.165) is 42.9 Å². The zero-order chi connectivity index (χ0) is 21.3. The van der Waals surface area contributed by atoms with Gasteiger partial charge in [0.2, 0.25) is 0 Å². The van der Waals surface area contributed by atoms with Crippen LogP contribution in [0.2, 0.25) is 0 Å². The first-order valence-electron chi connectivity index (χ1n) is 10.0. The van der Waals surface area contributed by atoms with E-state index in [1.54, 1.807) is 30.5 Å². The van der Waals surface area contributed by atoms with Crippen LogP contribution in [0, 0.1) is 13.8 Å². The molecule has 0 bridgehead atoms. The van der Waals surface area contributed by atoms with Crippen LogP contribution in [-0.4, -0.2) is 39.2 Å². The summed E-state index contributed by atoms with van der Waals surface area (Å²) in [5.74, 6) is -0.466. The Balaban J connectivity index is 1.53. The average Bonchev–Trinajstić information content (AvgIpc) is 3.35. The highest BCUT2D eigenvalue weighted by atomic mass is 16.5. The van der Waals surface area contributed by atoms with E-state index in [1.807, 2.05) is 13.0 Å². The number of amides is 1. The zero-order valence-corrected chi connectivity index (χ0v) is 17.4. The highest BCUT2D eigenvalue weighted by molar-refractivity contribution is 6.05. The number of ether oxygens (including phenoxy) is 1. The Kier molecular flexibility index (Phi) is 5.50. The highest BCUT2D eigenvalue weighted by Gasteiger charge is 2.19. The number of aryl methyl sites for hydroxylation is 2. The number of aromatic nitrogens is 3. The van der Waals surface area contributed by atoms with Gasteiger partial charge in [-0.05, 0) is 38.8 Å². The lowest BCUT2D eigenvalue weighted by Crippen LogP contribution is -2.27. The van der Waals surface area contributed by atoms with E-state index in [0.29, 0.717) is 10.8 Å². The van der Waals surface area contributed by atoms with Gasteiger partial charge in [0.25, 0.3) is 11.5 Å². The maximum Gasteiger partial charge on any atom is 0.292 e. The fourth-order valence-electron chi connectivity index (χ4n) is 3.91. The third kappa shape index (κ3) is 3.78. The van der Waals surface area contributed by atoms with Crippen molar-refractivity contribution in [1.29, 1.82) is 0 Å². The van der Waals surface area contributed by atoms with Gasteiger partial charge in [0.05, 0.1) is 17.7 Å². The van der Waals surface area contributed by atoms with Crippen LogP contribution >= 0.6 is 0 Å². The third-order valence-electron chi connectivity index (χ3n) is 5.56. The van der Waals surface area contributed by atoms with E-state index in [4.69, 9.17) is 4.74 Å². The first-order valence-corrected chi connectivity index (χ1v) is 10.0. The van der Waals surface area contributed by atoms with Crippen LogP contribution in [0.15, 0.2) is 40.2 Å². The van der Waals surface area contributed by atoms with E-state index in [1.165, 1.54) is 11.7 Å². The Labute approximate surface area is 174 Å². The SMILES string of the molecule is Cc1cc(/C=N\NC(=O)c2nn(C)c(=O)c3ccccc23)c(C)n1C[C@H]1CCCO1. The summed E-state index contributed by atoms with van der Waals surface area (Å²) in [6, 6.07) is 8.96. The van der Waals surface area contributed by atoms with Gasteiger partial charge in [-0.2, -0.15) is 10.2 Å². The van der Waals surface area contributed by atoms with Crippen molar-refractivity contribution in [3.63, 3.8) is 0 Å². The minimum atomic E-state index is -0.466. The van der Waals surface area contributed by atoms with Crippen molar-refractivity contribution in [2.24, 2.45) is 12.1 Å². The monoisotopic (exact) mass is 407 g/mol. The van der Waals surface area contributed by atoms with Gasteiger partial charge in [0.15, 0.2) is 5.69 Å². The van der Waals surface area contributed by atoms with Crippen molar-refractivity contribution in [1.82, 2.24) is 19.8 Å². The van der Waals surface area contributed by atoms with Crippen LogP contribution in [0.25, 0.3) is 10.8 Å². The predicted octanol–water partition coefficient (Wildman–Crippen LogP) is 2.29. The van der Waals surface area contributed by atoms with Crippen molar-refractivity contribution in [2.45, 2.75) is 39.3 Å². The van der Waals surface area contributed by atoms with Gasteiger partial charge in [-0.1, -0.05) is 18.2 Å². The van der Waals surface area contributed by atoms with Gasteiger partial charge in [0.1, 0.15) is 0 Å². The quantitative estimate of drug-likeness (QED) is 0.519. The molecule has 8 heteroatoms. The number of fused-ring (bicyclic) bond motifs is 1. The van der Waals surface area contributed by atoms with Gasteiger partial charge < -0.3 is 9.30 Å². The van der Waals surface area contributed by atoms with Gasteiger partial charge >= 0.3 is 0 Å². The van der Waals surface area contributed by atoms with Crippen LogP contribution in [0.5, 0.6) is 0 Å². The van der Waals surface area contributed by atoms with Gasteiger partial charge in [0, 0.05) is 42.5 Å².